The first-order valence-electron chi connectivity index (χ1n) is 13.7. The first-order chi connectivity index (χ1) is 21.9. The first-order valence-corrected chi connectivity index (χ1v) is 16.6. The molecule has 1 aromatic carbocycles. The molecule has 0 bridgehead atoms. The molecule has 5 rings (SSSR count). The molecule has 0 saturated carbocycles. The second-order valence-electron chi connectivity index (χ2n) is 10.2. The topological polar surface area (TPSA) is 227 Å². The molecule has 1 saturated heterocycles. The molecule has 0 radical (unpaired) electrons. The summed E-state index contributed by atoms with van der Waals surface area (Å²) < 4.78 is 1.87. The number of amides is 2. The third kappa shape index (κ3) is 6.92. The molecule has 2 unspecified atom stereocenters. The van der Waals surface area contributed by atoms with Gasteiger partial charge in [-0.15, -0.1) is 23.1 Å². The van der Waals surface area contributed by atoms with Crippen molar-refractivity contribution in [3.8, 4) is 11.3 Å². The number of thioether (sulfide) groups is 2. The molecule has 15 nitrogen and oxygen atoms in total. The quantitative estimate of drug-likeness (QED) is 0.0453. The maximum Gasteiger partial charge on any atom is 0.362 e. The fourth-order valence-corrected chi connectivity index (χ4v) is 7.78. The van der Waals surface area contributed by atoms with E-state index in [1.165, 1.54) is 40.7 Å². The van der Waals surface area contributed by atoms with Gasteiger partial charge in [0.05, 0.1) is 19.5 Å². The number of carboxylic acid groups (broad SMARTS) is 2. The van der Waals surface area contributed by atoms with Gasteiger partial charge in [-0.25, -0.2) is 14.3 Å². The number of nitrogens with zero attached hydrogens (tertiary/aromatic N) is 5. The Labute approximate surface area is 274 Å². The number of rotatable bonds is 12. The highest BCUT2D eigenvalue weighted by molar-refractivity contribution is 8.01. The van der Waals surface area contributed by atoms with E-state index in [9.17, 15) is 24.3 Å². The lowest BCUT2D eigenvalue weighted by atomic mass is 10.0. The van der Waals surface area contributed by atoms with Crippen molar-refractivity contribution in [3.05, 3.63) is 58.7 Å². The van der Waals surface area contributed by atoms with Gasteiger partial charge in [0.2, 0.25) is 5.82 Å². The number of thiazole rings is 1. The summed E-state index contributed by atoms with van der Waals surface area (Å²) in [7, 11) is 1.84. The summed E-state index contributed by atoms with van der Waals surface area (Å²) in [5.74, 6) is -2.98. The monoisotopic (exact) mass is 685 g/mol. The van der Waals surface area contributed by atoms with Gasteiger partial charge in [-0.3, -0.25) is 19.3 Å². The number of anilines is 2. The highest BCUT2D eigenvalue weighted by atomic mass is 32.2. The molecule has 2 aliphatic heterocycles. The lowest BCUT2D eigenvalue weighted by Gasteiger charge is -2.49. The number of hydrogen-bond acceptors (Lipinski definition) is 13. The fourth-order valence-electron chi connectivity index (χ4n) is 4.76. The standard InChI is InChI=1S/C28H28N8O7S3/c1-13(8-19(37)38)43-34-20(16-12-45-27(30)31-16)23(39)33-21-24(40)36-22(26(41)42)15(10-44-25(21)36)11-46-28-32-18(29)9-17(35(28)2)14-6-4-3-5-7-14/h3-7,9,12-13,21,25,29H,8,10-11H2,1-2H3,(H5,30,31,33,37,38,39,41,42)/p+1/b34-20-/t13?,21?,25-/m1/s1. The molecule has 46 heavy (non-hydrogen) atoms. The van der Waals surface area contributed by atoms with E-state index in [0.717, 1.165) is 22.6 Å². The molecular formula is C28H29N8O7S3+. The van der Waals surface area contributed by atoms with Crippen LogP contribution in [0.1, 0.15) is 19.0 Å². The molecule has 0 spiro atoms. The van der Waals surface area contributed by atoms with Crippen LogP contribution >= 0.6 is 34.9 Å². The van der Waals surface area contributed by atoms with Crippen LogP contribution in [0, 0.1) is 0 Å². The maximum absolute atomic E-state index is 13.3. The Morgan fingerprint density at radius 3 is 2.63 bits per heavy atom. The van der Waals surface area contributed by atoms with Crippen molar-refractivity contribution in [1.29, 1.82) is 0 Å². The summed E-state index contributed by atoms with van der Waals surface area (Å²) in [4.78, 5) is 64.9. The number of benzene rings is 1. The third-order valence-corrected chi connectivity index (χ3v) is 10.0. The molecule has 2 aliphatic rings. The fraction of sp³-hybridized carbons (Fsp3) is 0.286. The van der Waals surface area contributed by atoms with Gasteiger partial charge in [-0.2, -0.15) is 0 Å². The van der Waals surface area contributed by atoms with Crippen molar-refractivity contribution in [2.24, 2.45) is 12.2 Å². The van der Waals surface area contributed by atoms with Crippen molar-refractivity contribution in [1.82, 2.24) is 20.2 Å². The predicted octanol–water partition coefficient (Wildman–Crippen LogP) is 1.31. The van der Waals surface area contributed by atoms with Crippen molar-refractivity contribution < 1.29 is 38.8 Å². The number of nitrogen functional groups attached to an aromatic ring is 2. The largest absolute Gasteiger partial charge is 0.481 e. The van der Waals surface area contributed by atoms with E-state index in [1.54, 1.807) is 6.07 Å². The summed E-state index contributed by atoms with van der Waals surface area (Å²) in [5.41, 5.74) is 13.7. The number of aliphatic carboxylic acids is 2. The smallest absolute Gasteiger partial charge is 0.362 e. The Balaban J connectivity index is 1.32. The lowest BCUT2D eigenvalue weighted by Crippen LogP contribution is -2.71. The van der Waals surface area contributed by atoms with Crippen molar-refractivity contribution in [2.75, 3.05) is 23.0 Å². The zero-order valence-corrected chi connectivity index (χ0v) is 26.9. The number of carbonyl (C=O) groups excluding carboxylic acids is 2. The number of nitrogens with two attached hydrogens (primary N) is 2. The Morgan fingerprint density at radius 2 is 1.98 bits per heavy atom. The number of fused-ring (bicyclic) bond motifs is 1. The van der Waals surface area contributed by atoms with Gasteiger partial charge in [-0.1, -0.05) is 35.5 Å². The average molecular weight is 686 g/mol. The summed E-state index contributed by atoms with van der Waals surface area (Å²) in [6, 6.07) is 10.3. The van der Waals surface area contributed by atoms with E-state index < -0.39 is 41.3 Å². The lowest BCUT2D eigenvalue weighted by molar-refractivity contribution is -0.702. The van der Waals surface area contributed by atoms with E-state index >= 15 is 0 Å². The molecule has 2 amide bonds. The molecule has 240 valence electrons. The van der Waals surface area contributed by atoms with Gasteiger partial charge in [-0.05, 0) is 29.2 Å². The minimum atomic E-state index is -1.27. The van der Waals surface area contributed by atoms with Crippen LogP contribution in [-0.2, 0) is 31.1 Å². The van der Waals surface area contributed by atoms with Crippen molar-refractivity contribution in [3.63, 3.8) is 0 Å². The number of nitrogens with one attached hydrogen (secondary N) is 1. The third-order valence-electron chi connectivity index (χ3n) is 6.90. The van der Waals surface area contributed by atoms with E-state index in [2.05, 4.69) is 20.4 Å². The van der Waals surface area contributed by atoms with Crippen LogP contribution in [0.15, 0.2) is 63.4 Å². The van der Waals surface area contributed by atoms with Crippen molar-refractivity contribution in [2.45, 2.75) is 36.0 Å². The average Bonchev–Trinajstić information content (AvgIpc) is 3.45. The molecule has 1 fully saturated rings. The zero-order valence-electron chi connectivity index (χ0n) is 24.4. The van der Waals surface area contributed by atoms with Crippen LogP contribution < -0.4 is 21.4 Å². The van der Waals surface area contributed by atoms with E-state index in [4.69, 9.17) is 21.4 Å². The molecule has 3 aromatic rings. The van der Waals surface area contributed by atoms with Gasteiger partial charge < -0.3 is 31.8 Å². The predicted molar refractivity (Wildman–Crippen MR) is 172 cm³/mol. The van der Waals surface area contributed by atoms with Gasteiger partial charge in [0.25, 0.3) is 11.8 Å². The van der Waals surface area contributed by atoms with E-state index in [1.807, 2.05) is 41.9 Å². The highest BCUT2D eigenvalue weighted by Gasteiger charge is 2.54. The molecule has 3 atom stereocenters. The van der Waals surface area contributed by atoms with Gasteiger partial charge in [0, 0.05) is 22.4 Å². The number of hydrogen-bond donors (Lipinski definition) is 5. The first kappa shape index (κ1) is 32.7. The van der Waals surface area contributed by atoms with E-state index in [-0.39, 0.29) is 40.2 Å². The summed E-state index contributed by atoms with van der Waals surface area (Å²) >= 11 is 3.66. The second-order valence-corrected chi connectivity index (χ2v) is 13.1. The number of β-lactam (4-membered cyclic amide) rings is 1. The summed E-state index contributed by atoms with van der Waals surface area (Å²) in [5, 5.41) is 27.1. The van der Waals surface area contributed by atoms with Gasteiger partial charge in [0.15, 0.2) is 10.8 Å². The number of carboxylic acids is 2. The Bertz CT molecular complexity index is 1760. The molecule has 4 heterocycles. The number of oxime groups is 1. The molecule has 18 heteroatoms. The minimum absolute atomic E-state index is 0.0756. The molecule has 7 N–H and O–H groups in total. The van der Waals surface area contributed by atoms with Gasteiger partial charge in [0.1, 0.15) is 34.6 Å². The summed E-state index contributed by atoms with van der Waals surface area (Å²) in [6.45, 7) is 1.47. The van der Waals surface area contributed by atoms with Crippen molar-refractivity contribution >= 4 is 75.3 Å². The van der Waals surface area contributed by atoms with Crippen LogP contribution in [0.2, 0.25) is 0 Å². The van der Waals surface area contributed by atoms with Crippen LogP contribution in [0.4, 0.5) is 10.9 Å². The van der Waals surface area contributed by atoms with Crippen LogP contribution in [0.25, 0.3) is 11.3 Å². The number of aromatic nitrogens is 3. The SMILES string of the molecule is CC(CC(=O)O)O/N=C(\C(=O)NC1C(=O)N2C(C(=O)O)=C(CSc3nc(N)cc(-c4ccccc4)[n+]3C)CS[C@H]12)c1csc(N)n1. The maximum atomic E-state index is 13.3. The highest BCUT2D eigenvalue weighted by Crippen LogP contribution is 2.41. The van der Waals surface area contributed by atoms with Gasteiger partial charge >= 0.3 is 17.1 Å². The van der Waals surface area contributed by atoms with Crippen LogP contribution in [0.5, 0.6) is 0 Å². The molecule has 2 aromatic heterocycles. The Hall–Kier alpha value is -4.68. The number of carbonyl (C=O) groups is 4. The Kier molecular flexibility index (Phi) is 9.78. The second kappa shape index (κ2) is 13.8. The minimum Gasteiger partial charge on any atom is -0.481 e. The Morgan fingerprint density at radius 1 is 1.24 bits per heavy atom. The van der Waals surface area contributed by atoms with Crippen LogP contribution in [-0.4, -0.2) is 83.6 Å². The summed E-state index contributed by atoms with van der Waals surface area (Å²) in [6.07, 6.45) is -1.22. The van der Waals surface area contributed by atoms with Crippen LogP contribution in [0.3, 0.4) is 0 Å². The zero-order chi connectivity index (χ0) is 33.1. The van der Waals surface area contributed by atoms with E-state index in [0.29, 0.717) is 16.5 Å². The molecule has 0 aliphatic carbocycles. The normalized spacial score (nSPS) is 18.4. The molecular weight excluding hydrogens is 657 g/mol.